The number of rotatable bonds is 6. The number of hydrogen-bond donors (Lipinski definition) is 0. The van der Waals surface area contributed by atoms with Crippen molar-refractivity contribution in [3.8, 4) is 0 Å². The van der Waals surface area contributed by atoms with Gasteiger partial charge in [0.2, 0.25) is 0 Å². The van der Waals surface area contributed by atoms with Gasteiger partial charge in [-0.3, -0.25) is 19.3 Å². The maximum atomic E-state index is 12.7. The van der Waals surface area contributed by atoms with E-state index in [0.717, 1.165) is 15.1 Å². The summed E-state index contributed by atoms with van der Waals surface area (Å²) >= 11 is 7.41. The molecule has 0 N–H and O–H groups in total. The number of imide groups is 1. The van der Waals surface area contributed by atoms with Crippen LogP contribution in [0.1, 0.15) is 27.6 Å². The normalized spacial score (nSPS) is 14.1. The van der Waals surface area contributed by atoms with E-state index in [4.69, 9.17) is 16.3 Å². The van der Waals surface area contributed by atoms with E-state index < -0.39 is 24.3 Å². The zero-order valence-corrected chi connectivity index (χ0v) is 17.7. The summed E-state index contributed by atoms with van der Waals surface area (Å²) in [5.74, 6) is -1.54. The molecule has 1 aliphatic rings. The highest BCUT2D eigenvalue weighted by Gasteiger charge is 2.36. The van der Waals surface area contributed by atoms with Gasteiger partial charge in [-0.15, -0.1) is 0 Å². The Morgan fingerprint density at radius 3 is 2.50 bits per heavy atom. The van der Waals surface area contributed by atoms with Crippen LogP contribution in [0.2, 0.25) is 5.02 Å². The summed E-state index contributed by atoms with van der Waals surface area (Å²) in [5.41, 5.74) is 1.49. The third-order valence-electron chi connectivity index (χ3n) is 4.70. The molecule has 0 bridgehead atoms. The lowest BCUT2D eigenvalue weighted by Gasteiger charge is -2.10. The summed E-state index contributed by atoms with van der Waals surface area (Å²) in [7, 11) is 0. The topological polar surface area (TPSA) is 81.0 Å². The summed E-state index contributed by atoms with van der Waals surface area (Å²) in [6.45, 7) is 3.05. The van der Waals surface area contributed by atoms with Crippen molar-refractivity contribution < 1.29 is 19.1 Å². The summed E-state index contributed by atoms with van der Waals surface area (Å²) in [6, 6.07) is 12.0. The van der Waals surface area contributed by atoms with E-state index in [1.54, 1.807) is 30.3 Å². The minimum Gasteiger partial charge on any atom is -0.380 e. The summed E-state index contributed by atoms with van der Waals surface area (Å²) in [6.07, 6.45) is 0. The highest BCUT2D eigenvalue weighted by Crippen LogP contribution is 2.23. The summed E-state index contributed by atoms with van der Waals surface area (Å²) in [5, 5.41) is 0.588. The van der Waals surface area contributed by atoms with E-state index >= 15 is 0 Å². The summed E-state index contributed by atoms with van der Waals surface area (Å²) < 4.78 is 8.21. The van der Waals surface area contributed by atoms with Crippen LogP contribution in [0, 0.1) is 0 Å². The monoisotopic (exact) mass is 443 g/mol. The molecular weight excluding hydrogens is 426 g/mol. The summed E-state index contributed by atoms with van der Waals surface area (Å²) in [4.78, 5) is 43.2. The number of amides is 3. The first-order valence-electron chi connectivity index (χ1n) is 9.39. The van der Waals surface area contributed by atoms with E-state index in [0.29, 0.717) is 40.7 Å². The van der Waals surface area contributed by atoms with Crippen LogP contribution in [0.3, 0.4) is 0 Å². The van der Waals surface area contributed by atoms with Crippen molar-refractivity contribution in [3.05, 3.63) is 63.4 Å². The number of nitrogens with zero attached hydrogens (tertiary/aromatic N) is 3. The lowest BCUT2D eigenvalue weighted by atomic mass is 10.1. The van der Waals surface area contributed by atoms with Crippen LogP contribution in [-0.2, 0) is 16.1 Å². The van der Waals surface area contributed by atoms with E-state index in [1.165, 1.54) is 11.3 Å². The largest absolute Gasteiger partial charge is 0.380 e. The number of carbonyl (C=O) groups is 3. The first-order valence-corrected chi connectivity index (χ1v) is 10.6. The van der Waals surface area contributed by atoms with Gasteiger partial charge in [0, 0.05) is 18.2 Å². The van der Waals surface area contributed by atoms with Gasteiger partial charge >= 0.3 is 0 Å². The highest BCUT2D eigenvalue weighted by atomic mass is 35.5. The van der Waals surface area contributed by atoms with Crippen molar-refractivity contribution >= 4 is 50.9 Å². The van der Waals surface area contributed by atoms with Gasteiger partial charge in [-0.05, 0) is 37.3 Å². The minimum atomic E-state index is -0.577. The zero-order chi connectivity index (χ0) is 21.3. The lowest BCUT2D eigenvalue weighted by molar-refractivity contribution is -0.118. The fourth-order valence-electron chi connectivity index (χ4n) is 3.31. The fourth-order valence-corrected chi connectivity index (χ4v) is 4.66. The molecule has 0 spiro atoms. The van der Waals surface area contributed by atoms with Gasteiger partial charge in [-0.1, -0.05) is 35.1 Å². The van der Waals surface area contributed by atoms with Crippen LogP contribution in [0.4, 0.5) is 0 Å². The number of aromatic nitrogens is 1. The molecular formula is C21H18ClN3O4S. The molecule has 0 aliphatic carbocycles. The first kappa shape index (κ1) is 20.5. The number of halogens is 1. The van der Waals surface area contributed by atoms with Gasteiger partial charge in [0.25, 0.3) is 17.7 Å². The van der Waals surface area contributed by atoms with E-state index in [9.17, 15) is 14.4 Å². The van der Waals surface area contributed by atoms with Gasteiger partial charge in [-0.25, -0.2) is 0 Å². The molecule has 3 amide bonds. The Kier molecular flexibility index (Phi) is 5.80. The molecule has 154 valence electrons. The SMILES string of the molecule is CCOCCn1c(=NC(=O)CN2C(=O)c3ccccc3C2=O)sc2cc(Cl)ccc21. The molecule has 2 heterocycles. The standard InChI is InChI=1S/C21H18ClN3O4S/c1-2-29-10-9-24-16-8-7-13(22)11-17(16)30-21(24)23-18(26)12-25-19(27)14-5-3-4-6-15(14)20(25)28/h3-8,11H,2,9-10,12H2,1H3. The third-order valence-corrected chi connectivity index (χ3v) is 5.98. The van der Waals surface area contributed by atoms with Crippen molar-refractivity contribution in [2.75, 3.05) is 19.8 Å². The number of fused-ring (bicyclic) bond motifs is 2. The van der Waals surface area contributed by atoms with Crippen molar-refractivity contribution in [3.63, 3.8) is 0 Å². The molecule has 1 aromatic heterocycles. The lowest BCUT2D eigenvalue weighted by Crippen LogP contribution is -2.35. The smallest absolute Gasteiger partial charge is 0.268 e. The number of thiazole rings is 1. The van der Waals surface area contributed by atoms with Gasteiger partial charge in [0.05, 0.1) is 28.0 Å². The Bertz CT molecular complexity index is 1200. The van der Waals surface area contributed by atoms with Crippen LogP contribution in [0.25, 0.3) is 10.2 Å². The minimum absolute atomic E-state index is 0.304. The number of ether oxygens (including phenoxy) is 1. The fraction of sp³-hybridized carbons (Fsp3) is 0.238. The molecule has 30 heavy (non-hydrogen) atoms. The molecule has 2 aromatic carbocycles. The quantitative estimate of drug-likeness (QED) is 0.433. The average Bonchev–Trinajstić information content (AvgIpc) is 3.18. The van der Waals surface area contributed by atoms with Crippen LogP contribution in [0.5, 0.6) is 0 Å². The van der Waals surface area contributed by atoms with Crippen LogP contribution < -0.4 is 4.80 Å². The van der Waals surface area contributed by atoms with Crippen LogP contribution in [-0.4, -0.2) is 46.9 Å². The van der Waals surface area contributed by atoms with Crippen molar-refractivity contribution in [1.29, 1.82) is 0 Å². The Morgan fingerprint density at radius 2 is 1.83 bits per heavy atom. The number of benzene rings is 2. The third kappa shape index (κ3) is 3.81. The Labute approximate surface area is 181 Å². The molecule has 7 nitrogen and oxygen atoms in total. The number of carbonyl (C=O) groups excluding carboxylic acids is 3. The van der Waals surface area contributed by atoms with Gasteiger partial charge < -0.3 is 9.30 Å². The molecule has 1 aliphatic heterocycles. The maximum Gasteiger partial charge on any atom is 0.268 e. The highest BCUT2D eigenvalue weighted by molar-refractivity contribution is 7.16. The predicted molar refractivity (Wildman–Crippen MR) is 114 cm³/mol. The average molecular weight is 444 g/mol. The molecule has 9 heteroatoms. The van der Waals surface area contributed by atoms with Gasteiger partial charge in [0.1, 0.15) is 6.54 Å². The molecule has 0 saturated carbocycles. The van der Waals surface area contributed by atoms with Crippen LogP contribution in [0.15, 0.2) is 47.5 Å². The first-order chi connectivity index (χ1) is 14.5. The number of hydrogen-bond acceptors (Lipinski definition) is 5. The van der Waals surface area contributed by atoms with Gasteiger partial charge in [-0.2, -0.15) is 4.99 Å². The molecule has 0 fully saturated rings. The molecule has 0 unspecified atom stereocenters. The van der Waals surface area contributed by atoms with E-state index in [1.807, 2.05) is 23.6 Å². The van der Waals surface area contributed by atoms with Crippen molar-refractivity contribution in [2.45, 2.75) is 13.5 Å². The molecule has 4 rings (SSSR count). The molecule has 0 saturated heterocycles. The van der Waals surface area contributed by atoms with Crippen LogP contribution >= 0.6 is 22.9 Å². The second-order valence-electron chi connectivity index (χ2n) is 6.59. The van der Waals surface area contributed by atoms with E-state index in [-0.39, 0.29) is 0 Å². The molecule has 3 aromatic rings. The van der Waals surface area contributed by atoms with E-state index in [2.05, 4.69) is 4.99 Å². The molecule has 0 atom stereocenters. The Morgan fingerprint density at radius 1 is 1.13 bits per heavy atom. The van der Waals surface area contributed by atoms with Crippen molar-refractivity contribution in [1.82, 2.24) is 9.47 Å². The molecule has 0 radical (unpaired) electrons. The predicted octanol–water partition coefficient (Wildman–Crippen LogP) is 3.12. The second kappa shape index (κ2) is 8.51. The Balaban J connectivity index is 1.64. The second-order valence-corrected chi connectivity index (χ2v) is 8.04. The maximum absolute atomic E-state index is 12.7. The van der Waals surface area contributed by atoms with Gasteiger partial charge in [0.15, 0.2) is 4.80 Å². The Hall–Kier alpha value is -2.81. The zero-order valence-electron chi connectivity index (χ0n) is 16.1. The van der Waals surface area contributed by atoms with Crippen molar-refractivity contribution in [2.24, 2.45) is 4.99 Å².